The van der Waals surface area contributed by atoms with Crippen molar-refractivity contribution in [1.29, 1.82) is 0 Å². The maximum Gasteiger partial charge on any atom is 0.261 e. The molecule has 1 rings (SSSR count). The van der Waals surface area contributed by atoms with Crippen LogP contribution in [0.15, 0.2) is 0 Å². The summed E-state index contributed by atoms with van der Waals surface area (Å²) in [6, 6.07) is 0.546. The Hall–Kier alpha value is -0.260. The molecule has 0 aromatic carbocycles. The van der Waals surface area contributed by atoms with Gasteiger partial charge in [-0.15, -0.1) is 0 Å². The first-order valence-corrected chi connectivity index (χ1v) is 5.48. The third-order valence-electron chi connectivity index (χ3n) is 2.71. The van der Waals surface area contributed by atoms with Gasteiger partial charge < -0.3 is 10.1 Å². The van der Waals surface area contributed by atoms with Crippen molar-refractivity contribution in [3.8, 4) is 0 Å². The van der Waals surface area contributed by atoms with Crippen molar-refractivity contribution < 1.29 is 13.5 Å². The Labute approximate surface area is 89.8 Å². The van der Waals surface area contributed by atoms with Crippen molar-refractivity contribution in [3.63, 3.8) is 0 Å². The summed E-state index contributed by atoms with van der Waals surface area (Å²) < 4.78 is 28.4. The van der Waals surface area contributed by atoms with Crippen LogP contribution in [0.25, 0.3) is 0 Å². The van der Waals surface area contributed by atoms with Crippen molar-refractivity contribution in [2.45, 2.75) is 25.3 Å². The molecule has 0 aromatic heterocycles. The molecule has 1 atom stereocenters. The average molecular weight is 222 g/mol. The molecule has 1 heterocycles. The molecule has 0 saturated carbocycles. The molecule has 1 fully saturated rings. The molecular weight excluding hydrogens is 202 g/mol. The molecule has 0 aromatic rings. The molecule has 5 heteroatoms. The van der Waals surface area contributed by atoms with Gasteiger partial charge in [0, 0.05) is 19.1 Å². The van der Waals surface area contributed by atoms with Crippen LogP contribution in [0.5, 0.6) is 0 Å². The minimum atomic E-state index is -2.35. The van der Waals surface area contributed by atoms with Gasteiger partial charge in [0.1, 0.15) is 6.61 Å². The smallest absolute Gasteiger partial charge is 0.261 e. The monoisotopic (exact) mass is 222 g/mol. The van der Waals surface area contributed by atoms with Crippen LogP contribution >= 0.6 is 0 Å². The number of likely N-dealkylation sites (N-methyl/N-ethyl adjacent to an activating group) is 1. The van der Waals surface area contributed by atoms with Gasteiger partial charge in [-0.1, -0.05) is 0 Å². The third-order valence-corrected chi connectivity index (χ3v) is 2.71. The lowest BCUT2D eigenvalue weighted by Crippen LogP contribution is -2.38. The maximum atomic E-state index is 11.8. The van der Waals surface area contributed by atoms with Gasteiger partial charge >= 0.3 is 0 Å². The van der Waals surface area contributed by atoms with E-state index in [9.17, 15) is 8.78 Å². The first kappa shape index (κ1) is 12.8. The van der Waals surface area contributed by atoms with Crippen LogP contribution in [-0.2, 0) is 4.74 Å². The maximum absolute atomic E-state index is 11.8. The van der Waals surface area contributed by atoms with E-state index in [1.807, 2.05) is 7.05 Å². The van der Waals surface area contributed by atoms with E-state index in [0.717, 1.165) is 19.6 Å². The fourth-order valence-corrected chi connectivity index (χ4v) is 2.01. The Balaban J connectivity index is 2.09. The molecule has 15 heavy (non-hydrogen) atoms. The Kier molecular flexibility index (Phi) is 6.05. The van der Waals surface area contributed by atoms with Gasteiger partial charge in [-0.05, 0) is 26.4 Å². The van der Waals surface area contributed by atoms with Crippen LogP contribution in [0.2, 0.25) is 0 Å². The van der Waals surface area contributed by atoms with Crippen LogP contribution in [0.1, 0.15) is 12.8 Å². The number of nitrogens with zero attached hydrogens (tertiary/aromatic N) is 1. The molecule has 0 radical (unpaired) electrons. The summed E-state index contributed by atoms with van der Waals surface area (Å²) in [5.74, 6) is 0. The Bertz CT molecular complexity index is 170. The quantitative estimate of drug-likeness (QED) is 0.649. The van der Waals surface area contributed by atoms with Crippen molar-refractivity contribution in [2.24, 2.45) is 0 Å². The van der Waals surface area contributed by atoms with Gasteiger partial charge in [0.15, 0.2) is 0 Å². The summed E-state index contributed by atoms with van der Waals surface area (Å²) >= 11 is 0. The fraction of sp³-hybridized carbons (Fsp3) is 1.00. The molecule has 0 amide bonds. The molecule has 0 bridgehead atoms. The van der Waals surface area contributed by atoms with Gasteiger partial charge in [-0.2, -0.15) is 0 Å². The topological polar surface area (TPSA) is 24.5 Å². The van der Waals surface area contributed by atoms with E-state index in [1.54, 1.807) is 0 Å². The molecule has 0 spiro atoms. The molecule has 1 unspecified atom stereocenters. The lowest BCUT2D eigenvalue weighted by atomic mass is 10.2. The van der Waals surface area contributed by atoms with Gasteiger partial charge in [-0.3, -0.25) is 4.90 Å². The normalized spacial score (nSPS) is 22.8. The number of ether oxygens (including phenoxy) is 1. The first-order valence-electron chi connectivity index (χ1n) is 5.48. The lowest BCUT2D eigenvalue weighted by molar-refractivity contribution is 0.00884. The number of likely N-dealkylation sites (tertiary alicyclic amines) is 1. The molecule has 0 aliphatic carbocycles. The highest BCUT2D eigenvalue weighted by Gasteiger charge is 2.22. The lowest BCUT2D eigenvalue weighted by Gasteiger charge is -2.23. The molecule has 1 N–H and O–H groups in total. The summed E-state index contributed by atoms with van der Waals surface area (Å²) in [5.41, 5.74) is 0. The Morgan fingerprint density at radius 2 is 2.33 bits per heavy atom. The summed E-state index contributed by atoms with van der Waals surface area (Å²) in [7, 11) is 1.93. The van der Waals surface area contributed by atoms with Gasteiger partial charge in [-0.25, -0.2) is 8.78 Å². The van der Waals surface area contributed by atoms with Crippen LogP contribution in [0, 0.1) is 0 Å². The molecule has 1 saturated heterocycles. The minimum absolute atomic E-state index is 0.407. The van der Waals surface area contributed by atoms with Crippen LogP contribution in [0.3, 0.4) is 0 Å². The van der Waals surface area contributed by atoms with E-state index < -0.39 is 13.0 Å². The van der Waals surface area contributed by atoms with Crippen LogP contribution < -0.4 is 5.32 Å². The van der Waals surface area contributed by atoms with Crippen molar-refractivity contribution in [1.82, 2.24) is 10.2 Å². The Morgan fingerprint density at radius 3 is 3.00 bits per heavy atom. The predicted octanol–water partition coefficient (Wildman–Crippen LogP) is 0.952. The molecule has 1 aliphatic heterocycles. The van der Waals surface area contributed by atoms with E-state index in [1.165, 1.54) is 12.8 Å². The second kappa shape index (κ2) is 7.09. The van der Waals surface area contributed by atoms with Gasteiger partial charge in [0.2, 0.25) is 0 Å². The first-order chi connectivity index (χ1) is 7.24. The standard InChI is InChI=1S/C10H20F2N2O/c1-13-7-9-3-2-4-14(9)5-6-15-8-10(11)12/h9-10,13H,2-8H2,1H3. The second-order valence-electron chi connectivity index (χ2n) is 3.86. The average Bonchev–Trinajstić information content (AvgIpc) is 2.61. The summed E-state index contributed by atoms with van der Waals surface area (Å²) in [5, 5.41) is 3.15. The molecule has 3 nitrogen and oxygen atoms in total. The SMILES string of the molecule is CNCC1CCCN1CCOCC(F)F. The summed E-state index contributed by atoms with van der Waals surface area (Å²) in [6.07, 6.45) is 0.0355. The minimum Gasteiger partial charge on any atom is -0.374 e. The predicted molar refractivity (Wildman–Crippen MR) is 55.3 cm³/mol. The number of halogens is 2. The van der Waals surface area contributed by atoms with Crippen molar-refractivity contribution in [2.75, 3.05) is 39.9 Å². The van der Waals surface area contributed by atoms with Crippen LogP contribution in [-0.4, -0.2) is 57.3 Å². The highest BCUT2D eigenvalue weighted by molar-refractivity contribution is 4.80. The van der Waals surface area contributed by atoms with E-state index in [2.05, 4.69) is 10.2 Å². The molecule has 1 aliphatic rings. The van der Waals surface area contributed by atoms with Gasteiger partial charge in [0.05, 0.1) is 6.61 Å². The number of hydrogen-bond donors (Lipinski definition) is 1. The molecular formula is C10H20F2N2O. The highest BCUT2D eigenvalue weighted by Crippen LogP contribution is 2.15. The van der Waals surface area contributed by atoms with Crippen molar-refractivity contribution >= 4 is 0 Å². The Morgan fingerprint density at radius 1 is 1.53 bits per heavy atom. The van der Waals surface area contributed by atoms with E-state index >= 15 is 0 Å². The zero-order chi connectivity index (χ0) is 11.1. The van der Waals surface area contributed by atoms with Crippen LogP contribution in [0.4, 0.5) is 8.78 Å². The number of hydrogen-bond acceptors (Lipinski definition) is 3. The fourth-order valence-electron chi connectivity index (χ4n) is 2.01. The summed E-state index contributed by atoms with van der Waals surface area (Å²) in [6.45, 7) is 2.76. The second-order valence-corrected chi connectivity index (χ2v) is 3.86. The number of nitrogens with one attached hydrogen (secondary N) is 1. The molecule has 90 valence electrons. The highest BCUT2D eigenvalue weighted by atomic mass is 19.3. The number of alkyl halides is 2. The van der Waals surface area contributed by atoms with E-state index in [-0.39, 0.29) is 0 Å². The van der Waals surface area contributed by atoms with Gasteiger partial charge in [0.25, 0.3) is 6.43 Å². The van der Waals surface area contributed by atoms with E-state index in [0.29, 0.717) is 12.6 Å². The van der Waals surface area contributed by atoms with Crippen molar-refractivity contribution in [3.05, 3.63) is 0 Å². The zero-order valence-electron chi connectivity index (χ0n) is 9.22. The number of rotatable bonds is 7. The zero-order valence-corrected chi connectivity index (χ0v) is 9.22. The van der Waals surface area contributed by atoms with E-state index in [4.69, 9.17) is 4.74 Å². The summed E-state index contributed by atoms with van der Waals surface area (Å²) in [4.78, 5) is 2.31. The third kappa shape index (κ3) is 4.86. The largest absolute Gasteiger partial charge is 0.374 e.